The van der Waals surface area contributed by atoms with E-state index in [9.17, 15) is 0 Å². The number of benzene rings is 1. The summed E-state index contributed by atoms with van der Waals surface area (Å²) in [6.07, 6.45) is 0. The number of rotatable bonds is 6. The summed E-state index contributed by atoms with van der Waals surface area (Å²) in [6.45, 7) is 5.53. The van der Waals surface area contributed by atoms with Gasteiger partial charge in [0, 0.05) is 12.6 Å². The van der Waals surface area contributed by atoms with E-state index in [0.717, 1.165) is 18.0 Å². The molecule has 0 saturated carbocycles. The highest BCUT2D eigenvalue weighted by Crippen LogP contribution is 2.23. The number of nitrogens with one attached hydrogen (secondary N) is 1. The van der Waals surface area contributed by atoms with E-state index in [1.165, 1.54) is 0 Å². The minimum atomic E-state index is 0.279. The lowest BCUT2D eigenvalue weighted by molar-refractivity contribution is 0.141. The zero-order valence-electron chi connectivity index (χ0n) is 9.62. The summed E-state index contributed by atoms with van der Waals surface area (Å²) in [7, 11) is 1.67. The summed E-state index contributed by atoms with van der Waals surface area (Å²) in [5, 5.41) is 3.35. The van der Waals surface area contributed by atoms with Gasteiger partial charge in [0.05, 0.1) is 19.4 Å². The van der Waals surface area contributed by atoms with Crippen LogP contribution in [0.2, 0.25) is 0 Å². The smallest absolute Gasteiger partial charge is 0.141 e. The van der Waals surface area contributed by atoms with E-state index in [-0.39, 0.29) is 6.04 Å². The maximum absolute atomic E-state index is 5.34. The monoisotopic (exact) mass is 209 g/mol. The molecule has 0 aliphatic rings. The molecule has 0 bridgehead atoms. The number of para-hydroxylation sites is 2. The third-order valence-corrected chi connectivity index (χ3v) is 2.08. The van der Waals surface area contributed by atoms with Crippen LogP contribution in [-0.2, 0) is 4.74 Å². The molecule has 1 rings (SSSR count). The first-order chi connectivity index (χ1) is 7.27. The Morgan fingerprint density at radius 1 is 1.33 bits per heavy atom. The minimum absolute atomic E-state index is 0.279. The molecule has 0 radical (unpaired) electrons. The topological polar surface area (TPSA) is 30.5 Å². The predicted molar refractivity (Wildman–Crippen MR) is 62.6 cm³/mol. The van der Waals surface area contributed by atoms with Crippen molar-refractivity contribution in [2.75, 3.05) is 25.6 Å². The van der Waals surface area contributed by atoms with Gasteiger partial charge in [0.15, 0.2) is 0 Å². The standard InChI is InChI=1S/C12H19NO2/c1-4-15-9-10(2)13-11-7-5-6-8-12(11)14-3/h5-8,10,13H,4,9H2,1-3H3. The third kappa shape index (κ3) is 3.80. The number of methoxy groups -OCH3 is 1. The van der Waals surface area contributed by atoms with Crippen molar-refractivity contribution < 1.29 is 9.47 Å². The van der Waals surface area contributed by atoms with Crippen LogP contribution in [0, 0.1) is 0 Å². The Kier molecular flexibility index (Phi) is 4.98. The summed E-state index contributed by atoms with van der Waals surface area (Å²) in [5.74, 6) is 0.862. The molecule has 1 atom stereocenters. The summed E-state index contributed by atoms with van der Waals surface area (Å²) in [6, 6.07) is 8.16. The molecule has 0 heterocycles. The quantitative estimate of drug-likeness (QED) is 0.781. The van der Waals surface area contributed by atoms with Gasteiger partial charge in [0.25, 0.3) is 0 Å². The second kappa shape index (κ2) is 6.30. The minimum Gasteiger partial charge on any atom is -0.495 e. The highest BCUT2D eigenvalue weighted by molar-refractivity contribution is 5.56. The van der Waals surface area contributed by atoms with Crippen molar-refractivity contribution in [3.05, 3.63) is 24.3 Å². The number of hydrogen-bond acceptors (Lipinski definition) is 3. The Hall–Kier alpha value is -1.22. The molecule has 0 fully saturated rings. The maximum atomic E-state index is 5.34. The van der Waals surface area contributed by atoms with Crippen molar-refractivity contribution in [1.29, 1.82) is 0 Å². The lowest BCUT2D eigenvalue weighted by Gasteiger charge is -2.17. The first-order valence-electron chi connectivity index (χ1n) is 5.25. The number of anilines is 1. The summed E-state index contributed by atoms with van der Waals surface area (Å²) >= 11 is 0. The Bertz CT molecular complexity index is 289. The van der Waals surface area contributed by atoms with Crippen LogP contribution in [0.1, 0.15) is 13.8 Å². The molecule has 0 spiro atoms. The van der Waals surface area contributed by atoms with Crippen LogP contribution in [0.25, 0.3) is 0 Å². The average molecular weight is 209 g/mol. The molecule has 0 aliphatic carbocycles. The zero-order valence-corrected chi connectivity index (χ0v) is 9.62. The van der Waals surface area contributed by atoms with E-state index >= 15 is 0 Å². The SMILES string of the molecule is CCOCC(C)Nc1ccccc1OC. The van der Waals surface area contributed by atoms with Gasteiger partial charge >= 0.3 is 0 Å². The van der Waals surface area contributed by atoms with E-state index in [1.807, 2.05) is 31.2 Å². The largest absolute Gasteiger partial charge is 0.495 e. The molecule has 15 heavy (non-hydrogen) atoms. The molecule has 84 valence electrons. The summed E-state index contributed by atoms with van der Waals surface area (Å²) < 4.78 is 10.6. The molecule has 0 saturated heterocycles. The fraction of sp³-hybridized carbons (Fsp3) is 0.500. The van der Waals surface area contributed by atoms with Crippen molar-refractivity contribution in [1.82, 2.24) is 0 Å². The fourth-order valence-electron chi connectivity index (χ4n) is 1.37. The molecular weight excluding hydrogens is 190 g/mol. The van der Waals surface area contributed by atoms with Crippen LogP contribution in [0.15, 0.2) is 24.3 Å². The van der Waals surface area contributed by atoms with E-state index in [0.29, 0.717) is 6.61 Å². The molecule has 1 aromatic rings. The van der Waals surface area contributed by atoms with Gasteiger partial charge in [-0.2, -0.15) is 0 Å². The van der Waals surface area contributed by atoms with Crippen LogP contribution in [-0.4, -0.2) is 26.4 Å². The Balaban J connectivity index is 2.55. The molecular formula is C12H19NO2. The highest BCUT2D eigenvalue weighted by atomic mass is 16.5. The van der Waals surface area contributed by atoms with Crippen molar-refractivity contribution in [2.45, 2.75) is 19.9 Å². The summed E-state index contributed by atoms with van der Waals surface area (Å²) in [5.41, 5.74) is 1.01. The Labute approximate surface area is 91.4 Å². The molecule has 0 aromatic heterocycles. The van der Waals surface area contributed by atoms with Crippen molar-refractivity contribution >= 4 is 5.69 Å². The highest BCUT2D eigenvalue weighted by Gasteiger charge is 2.05. The van der Waals surface area contributed by atoms with Gasteiger partial charge in [-0.3, -0.25) is 0 Å². The first-order valence-corrected chi connectivity index (χ1v) is 5.25. The Morgan fingerprint density at radius 2 is 2.07 bits per heavy atom. The van der Waals surface area contributed by atoms with Gasteiger partial charge in [-0.05, 0) is 26.0 Å². The third-order valence-electron chi connectivity index (χ3n) is 2.08. The lowest BCUT2D eigenvalue weighted by atomic mass is 10.2. The maximum Gasteiger partial charge on any atom is 0.141 e. The van der Waals surface area contributed by atoms with E-state index in [2.05, 4.69) is 12.2 Å². The zero-order chi connectivity index (χ0) is 11.1. The van der Waals surface area contributed by atoms with Crippen molar-refractivity contribution in [3.8, 4) is 5.75 Å². The normalized spacial score (nSPS) is 12.2. The summed E-state index contributed by atoms with van der Waals surface area (Å²) in [4.78, 5) is 0. The van der Waals surface area contributed by atoms with Gasteiger partial charge in [-0.15, -0.1) is 0 Å². The van der Waals surface area contributed by atoms with Crippen LogP contribution in [0.4, 0.5) is 5.69 Å². The molecule has 0 amide bonds. The van der Waals surface area contributed by atoms with Gasteiger partial charge < -0.3 is 14.8 Å². The van der Waals surface area contributed by atoms with E-state index in [4.69, 9.17) is 9.47 Å². The molecule has 1 aromatic carbocycles. The van der Waals surface area contributed by atoms with Gasteiger partial charge in [-0.25, -0.2) is 0 Å². The molecule has 1 unspecified atom stereocenters. The van der Waals surface area contributed by atoms with Crippen LogP contribution >= 0.6 is 0 Å². The average Bonchev–Trinajstić information content (AvgIpc) is 2.27. The number of hydrogen-bond donors (Lipinski definition) is 1. The van der Waals surface area contributed by atoms with E-state index < -0.39 is 0 Å². The molecule has 1 N–H and O–H groups in total. The first kappa shape index (κ1) is 11.9. The van der Waals surface area contributed by atoms with Crippen LogP contribution in [0.3, 0.4) is 0 Å². The fourth-order valence-corrected chi connectivity index (χ4v) is 1.37. The molecule has 3 nitrogen and oxygen atoms in total. The Morgan fingerprint density at radius 3 is 2.73 bits per heavy atom. The number of ether oxygens (including phenoxy) is 2. The lowest BCUT2D eigenvalue weighted by Crippen LogP contribution is -2.21. The van der Waals surface area contributed by atoms with Gasteiger partial charge in [0.1, 0.15) is 5.75 Å². The molecule has 0 aliphatic heterocycles. The van der Waals surface area contributed by atoms with Crippen molar-refractivity contribution in [2.24, 2.45) is 0 Å². The van der Waals surface area contributed by atoms with E-state index in [1.54, 1.807) is 7.11 Å². The second-order valence-corrected chi connectivity index (χ2v) is 3.41. The molecule has 3 heteroatoms. The van der Waals surface area contributed by atoms with Crippen LogP contribution in [0.5, 0.6) is 5.75 Å². The van der Waals surface area contributed by atoms with Crippen LogP contribution < -0.4 is 10.1 Å². The van der Waals surface area contributed by atoms with Crippen molar-refractivity contribution in [3.63, 3.8) is 0 Å². The van der Waals surface area contributed by atoms with Gasteiger partial charge in [0.2, 0.25) is 0 Å². The van der Waals surface area contributed by atoms with Gasteiger partial charge in [-0.1, -0.05) is 12.1 Å². The predicted octanol–water partition coefficient (Wildman–Crippen LogP) is 2.53. The second-order valence-electron chi connectivity index (χ2n) is 3.41.